The topological polar surface area (TPSA) is 52.5 Å². The third-order valence-electron chi connectivity index (χ3n) is 3.40. The summed E-state index contributed by atoms with van der Waals surface area (Å²) in [7, 11) is 0. The minimum absolute atomic E-state index is 0.0721. The molecule has 0 aliphatic heterocycles. The summed E-state index contributed by atoms with van der Waals surface area (Å²) in [5, 5.41) is 21.0. The van der Waals surface area contributed by atoms with Gasteiger partial charge in [0.1, 0.15) is 5.82 Å². The van der Waals surface area contributed by atoms with Gasteiger partial charge in [-0.05, 0) is 30.4 Å². The van der Waals surface area contributed by atoms with Gasteiger partial charge in [-0.2, -0.15) is 0 Å². The fourth-order valence-corrected chi connectivity index (χ4v) is 2.31. The van der Waals surface area contributed by atoms with Crippen LogP contribution in [0, 0.1) is 5.82 Å². The van der Waals surface area contributed by atoms with Gasteiger partial charge in [0, 0.05) is 6.04 Å². The number of benzene rings is 1. The van der Waals surface area contributed by atoms with Crippen LogP contribution < -0.4 is 5.32 Å². The molecule has 0 spiro atoms. The molecule has 1 aromatic carbocycles. The van der Waals surface area contributed by atoms with Crippen molar-refractivity contribution < 1.29 is 14.6 Å². The summed E-state index contributed by atoms with van der Waals surface area (Å²) in [6.07, 6.45) is 1.72. The van der Waals surface area contributed by atoms with Crippen molar-refractivity contribution in [1.29, 1.82) is 0 Å². The maximum absolute atomic E-state index is 13.5. The SMILES string of the molecule is OCC(CO)NC1CC(c2ccccc2F)C1. The van der Waals surface area contributed by atoms with Gasteiger partial charge in [0.25, 0.3) is 0 Å². The average molecular weight is 239 g/mol. The van der Waals surface area contributed by atoms with Crippen molar-refractivity contribution in [3.05, 3.63) is 35.6 Å². The standard InChI is InChI=1S/C13H18FNO2/c14-13-4-2-1-3-12(13)9-5-10(6-9)15-11(7-16)8-17/h1-4,9-11,15-17H,5-8H2. The molecule has 1 aliphatic rings. The lowest BCUT2D eigenvalue weighted by atomic mass is 9.75. The molecule has 1 saturated carbocycles. The monoisotopic (exact) mass is 239 g/mol. The molecular formula is C13H18FNO2. The number of nitrogens with one attached hydrogen (secondary N) is 1. The van der Waals surface area contributed by atoms with Crippen molar-refractivity contribution in [2.75, 3.05) is 13.2 Å². The van der Waals surface area contributed by atoms with Gasteiger partial charge in [-0.1, -0.05) is 18.2 Å². The molecule has 0 amide bonds. The molecule has 3 N–H and O–H groups in total. The zero-order valence-corrected chi connectivity index (χ0v) is 9.64. The van der Waals surface area contributed by atoms with Crippen LogP contribution in [0.15, 0.2) is 24.3 Å². The van der Waals surface area contributed by atoms with Gasteiger partial charge in [0.2, 0.25) is 0 Å². The Labute approximate surface area is 100 Å². The maximum atomic E-state index is 13.5. The molecule has 0 radical (unpaired) electrons. The highest BCUT2D eigenvalue weighted by Gasteiger charge is 2.32. The van der Waals surface area contributed by atoms with Crippen LogP contribution in [0.3, 0.4) is 0 Å². The van der Waals surface area contributed by atoms with E-state index in [1.165, 1.54) is 6.07 Å². The molecule has 1 aromatic rings. The first-order valence-corrected chi connectivity index (χ1v) is 5.96. The summed E-state index contributed by atoms with van der Waals surface area (Å²) in [5.41, 5.74) is 0.773. The Balaban J connectivity index is 1.85. The maximum Gasteiger partial charge on any atom is 0.126 e. The first kappa shape index (κ1) is 12.5. The second kappa shape index (κ2) is 5.58. The van der Waals surface area contributed by atoms with E-state index in [-0.39, 0.29) is 37.0 Å². The quantitative estimate of drug-likeness (QED) is 0.719. The van der Waals surface area contributed by atoms with E-state index in [1.54, 1.807) is 6.07 Å². The number of hydrogen-bond donors (Lipinski definition) is 3. The Hall–Kier alpha value is -0.970. The number of rotatable bonds is 5. The second-order valence-electron chi connectivity index (χ2n) is 4.62. The van der Waals surface area contributed by atoms with E-state index < -0.39 is 0 Å². The van der Waals surface area contributed by atoms with Crippen molar-refractivity contribution in [3.63, 3.8) is 0 Å². The van der Waals surface area contributed by atoms with Gasteiger partial charge in [0.15, 0.2) is 0 Å². The zero-order valence-electron chi connectivity index (χ0n) is 9.64. The summed E-state index contributed by atoms with van der Waals surface area (Å²) < 4.78 is 13.5. The van der Waals surface area contributed by atoms with Crippen LogP contribution >= 0.6 is 0 Å². The molecule has 4 heteroatoms. The molecule has 2 rings (SSSR count). The molecule has 0 heterocycles. The Kier molecular flexibility index (Phi) is 4.10. The van der Waals surface area contributed by atoms with Crippen molar-refractivity contribution in [2.24, 2.45) is 0 Å². The highest BCUT2D eigenvalue weighted by atomic mass is 19.1. The first-order valence-electron chi connectivity index (χ1n) is 5.96. The van der Waals surface area contributed by atoms with Gasteiger partial charge >= 0.3 is 0 Å². The normalized spacial score (nSPS) is 23.8. The number of halogens is 1. The zero-order chi connectivity index (χ0) is 12.3. The molecule has 3 nitrogen and oxygen atoms in total. The van der Waals surface area contributed by atoms with Crippen molar-refractivity contribution in [2.45, 2.75) is 30.8 Å². The summed E-state index contributed by atoms with van der Waals surface area (Å²) in [6, 6.07) is 6.86. The number of aliphatic hydroxyl groups is 2. The van der Waals surface area contributed by atoms with E-state index in [0.717, 1.165) is 18.4 Å². The molecule has 0 saturated heterocycles. The summed E-state index contributed by atoms with van der Waals surface area (Å²) in [6.45, 7) is -0.144. The van der Waals surface area contributed by atoms with E-state index in [9.17, 15) is 4.39 Å². The molecule has 0 atom stereocenters. The smallest absolute Gasteiger partial charge is 0.126 e. The number of hydrogen-bond acceptors (Lipinski definition) is 3. The van der Waals surface area contributed by atoms with Gasteiger partial charge in [-0.3, -0.25) is 0 Å². The second-order valence-corrected chi connectivity index (χ2v) is 4.62. The van der Waals surface area contributed by atoms with Crippen LogP contribution in [0.1, 0.15) is 24.3 Å². The lowest BCUT2D eigenvalue weighted by Gasteiger charge is -2.38. The molecule has 17 heavy (non-hydrogen) atoms. The predicted octanol–water partition coefficient (Wildman–Crippen LogP) is 1.01. The van der Waals surface area contributed by atoms with Crippen molar-refractivity contribution in [3.8, 4) is 0 Å². The lowest BCUT2D eigenvalue weighted by molar-refractivity contribution is 0.141. The number of aliphatic hydroxyl groups excluding tert-OH is 2. The highest BCUT2D eigenvalue weighted by molar-refractivity contribution is 5.24. The molecule has 0 unspecified atom stereocenters. The Morgan fingerprint density at radius 2 is 1.88 bits per heavy atom. The molecular weight excluding hydrogens is 221 g/mol. The van der Waals surface area contributed by atoms with E-state index in [1.807, 2.05) is 12.1 Å². The fourth-order valence-electron chi connectivity index (χ4n) is 2.31. The molecule has 1 aliphatic carbocycles. The summed E-state index contributed by atoms with van der Waals surface area (Å²) in [4.78, 5) is 0. The van der Waals surface area contributed by atoms with E-state index in [4.69, 9.17) is 10.2 Å². The summed E-state index contributed by atoms with van der Waals surface area (Å²) >= 11 is 0. The fraction of sp³-hybridized carbons (Fsp3) is 0.538. The largest absolute Gasteiger partial charge is 0.395 e. The molecule has 0 bridgehead atoms. The molecule has 0 aromatic heterocycles. The molecule has 94 valence electrons. The van der Waals surface area contributed by atoms with Crippen molar-refractivity contribution in [1.82, 2.24) is 5.32 Å². The van der Waals surface area contributed by atoms with Gasteiger partial charge in [0.05, 0.1) is 19.3 Å². The van der Waals surface area contributed by atoms with Gasteiger partial charge in [-0.15, -0.1) is 0 Å². The van der Waals surface area contributed by atoms with Crippen LogP contribution in [-0.2, 0) is 0 Å². The van der Waals surface area contributed by atoms with Gasteiger partial charge in [-0.25, -0.2) is 4.39 Å². The van der Waals surface area contributed by atoms with Crippen LogP contribution in [0.4, 0.5) is 4.39 Å². The van der Waals surface area contributed by atoms with Crippen LogP contribution in [-0.4, -0.2) is 35.5 Å². The average Bonchev–Trinajstić information content (AvgIpc) is 2.30. The third-order valence-corrected chi connectivity index (χ3v) is 3.40. The third kappa shape index (κ3) is 2.83. The first-order chi connectivity index (χ1) is 8.24. The van der Waals surface area contributed by atoms with Crippen molar-refractivity contribution >= 4 is 0 Å². The van der Waals surface area contributed by atoms with Crippen LogP contribution in [0.5, 0.6) is 0 Å². The Bertz CT molecular complexity index is 362. The minimum Gasteiger partial charge on any atom is -0.395 e. The minimum atomic E-state index is -0.262. The van der Waals surface area contributed by atoms with Crippen LogP contribution in [0.25, 0.3) is 0 Å². The Morgan fingerprint density at radius 3 is 2.47 bits per heavy atom. The van der Waals surface area contributed by atoms with E-state index >= 15 is 0 Å². The lowest BCUT2D eigenvalue weighted by Crippen LogP contribution is -2.48. The van der Waals surface area contributed by atoms with E-state index in [2.05, 4.69) is 5.32 Å². The van der Waals surface area contributed by atoms with Gasteiger partial charge < -0.3 is 15.5 Å². The summed E-state index contributed by atoms with van der Waals surface area (Å²) in [5.74, 6) is 0.114. The molecule has 1 fully saturated rings. The van der Waals surface area contributed by atoms with E-state index in [0.29, 0.717) is 0 Å². The predicted molar refractivity (Wildman–Crippen MR) is 63.3 cm³/mol. The highest BCUT2D eigenvalue weighted by Crippen LogP contribution is 2.38. The van der Waals surface area contributed by atoms with Crippen LogP contribution in [0.2, 0.25) is 0 Å². The Morgan fingerprint density at radius 1 is 1.24 bits per heavy atom.